The summed E-state index contributed by atoms with van der Waals surface area (Å²) in [7, 11) is 0. The van der Waals surface area contributed by atoms with Crippen LogP contribution in [0.2, 0.25) is 0 Å². The van der Waals surface area contributed by atoms with Crippen LogP contribution in [0.25, 0.3) is 0 Å². The zero-order chi connectivity index (χ0) is 15.5. The standard InChI is InChI=1S/C15H16N2O4S/c1-9-4-5-22-14(9)11(18)7-16-15(19)17-10-2-3-12-13(6-10)21-8-20-12/h2-6,11,18H,7-8H2,1H3,(H2,16,17,19)/t11-/m1/s1. The summed E-state index contributed by atoms with van der Waals surface area (Å²) in [5.74, 6) is 1.27. The van der Waals surface area contributed by atoms with E-state index < -0.39 is 6.10 Å². The summed E-state index contributed by atoms with van der Waals surface area (Å²) >= 11 is 1.47. The van der Waals surface area contributed by atoms with Crippen molar-refractivity contribution in [3.8, 4) is 11.5 Å². The van der Waals surface area contributed by atoms with Crippen molar-refractivity contribution in [2.24, 2.45) is 0 Å². The van der Waals surface area contributed by atoms with Gasteiger partial charge >= 0.3 is 6.03 Å². The number of nitrogens with one attached hydrogen (secondary N) is 2. The van der Waals surface area contributed by atoms with Crippen LogP contribution in [0.3, 0.4) is 0 Å². The van der Waals surface area contributed by atoms with Crippen LogP contribution >= 0.6 is 11.3 Å². The molecule has 22 heavy (non-hydrogen) atoms. The predicted octanol–water partition coefficient (Wildman–Crippen LogP) is 2.64. The average Bonchev–Trinajstić information content (AvgIpc) is 3.12. The molecular formula is C15H16N2O4S. The van der Waals surface area contributed by atoms with Gasteiger partial charge in [0.05, 0.1) is 6.54 Å². The van der Waals surface area contributed by atoms with Crippen molar-refractivity contribution in [1.82, 2.24) is 5.32 Å². The molecular weight excluding hydrogens is 304 g/mol. The van der Waals surface area contributed by atoms with Gasteiger partial charge in [-0.15, -0.1) is 11.3 Å². The Kier molecular flexibility index (Phi) is 4.17. The molecule has 1 aliphatic heterocycles. The van der Waals surface area contributed by atoms with Gasteiger partial charge in [0, 0.05) is 16.6 Å². The fourth-order valence-electron chi connectivity index (χ4n) is 2.16. The van der Waals surface area contributed by atoms with Crippen molar-refractivity contribution >= 4 is 23.1 Å². The van der Waals surface area contributed by atoms with Crippen LogP contribution in [0.4, 0.5) is 10.5 Å². The van der Waals surface area contributed by atoms with E-state index in [2.05, 4.69) is 10.6 Å². The summed E-state index contributed by atoms with van der Waals surface area (Å²) in [6.07, 6.45) is -0.706. The average molecular weight is 320 g/mol. The molecule has 0 unspecified atom stereocenters. The molecule has 1 aromatic heterocycles. The van der Waals surface area contributed by atoms with Crippen LogP contribution in [0, 0.1) is 6.92 Å². The molecule has 3 N–H and O–H groups in total. The first-order valence-electron chi connectivity index (χ1n) is 6.80. The fraction of sp³-hybridized carbons (Fsp3) is 0.267. The topological polar surface area (TPSA) is 79.8 Å². The third-order valence-electron chi connectivity index (χ3n) is 3.29. The second kappa shape index (κ2) is 6.25. The number of anilines is 1. The number of hydrogen-bond donors (Lipinski definition) is 3. The van der Waals surface area contributed by atoms with Gasteiger partial charge in [0.25, 0.3) is 0 Å². The van der Waals surface area contributed by atoms with E-state index in [1.54, 1.807) is 18.2 Å². The summed E-state index contributed by atoms with van der Waals surface area (Å²) < 4.78 is 10.5. The van der Waals surface area contributed by atoms with Crippen LogP contribution in [-0.2, 0) is 0 Å². The molecule has 0 spiro atoms. The maximum atomic E-state index is 11.9. The molecule has 2 aromatic rings. The van der Waals surface area contributed by atoms with Gasteiger partial charge < -0.3 is 25.2 Å². The second-order valence-electron chi connectivity index (χ2n) is 4.89. The smallest absolute Gasteiger partial charge is 0.319 e. The third kappa shape index (κ3) is 3.15. The highest BCUT2D eigenvalue weighted by Gasteiger charge is 2.15. The van der Waals surface area contributed by atoms with E-state index in [9.17, 15) is 9.90 Å². The molecule has 3 rings (SSSR count). The number of aliphatic hydroxyl groups is 1. The third-order valence-corrected chi connectivity index (χ3v) is 4.41. The van der Waals surface area contributed by atoms with E-state index in [-0.39, 0.29) is 19.4 Å². The number of rotatable bonds is 4. The SMILES string of the molecule is Cc1ccsc1[C@H](O)CNC(=O)Nc1ccc2c(c1)OCO2. The van der Waals surface area contributed by atoms with E-state index in [1.807, 2.05) is 18.4 Å². The molecule has 1 aliphatic rings. The number of thiophene rings is 1. The van der Waals surface area contributed by atoms with Crippen molar-refractivity contribution in [2.45, 2.75) is 13.0 Å². The molecule has 1 atom stereocenters. The van der Waals surface area contributed by atoms with Gasteiger partial charge in [-0.3, -0.25) is 0 Å². The first-order valence-corrected chi connectivity index (χ1v) is 7.68. The number of urea groups is 1. The van der Waals surface area contributed by atoms with E-state index in [4.69, 9.17) is 9.47 Å². The van der Waals surface area contributed by atoms with Crippen molar-refractivity contribution in [1.29, 1.82) is 0 Å². The highest BCUT2D eigenvalue weighted by Crippen LogP contribution is 2.34. The lowest BCUT2D eigenvalue weighted by Crippen LogP contribution is -2.32. The molecule has 0 saturated carbocycles. The summed E-state index contributed by atoms with van der Waals surface area (Å²) in [5, 5.41) is 17.3. The Labute approximate surface area is 131 Å². The number of benzene rings is 1. The van der Waals surface area contributed by atoms with Crippen LogP contribution in [0.1, 0.15) is 16.5 Å². The number of aliphatic hydroxyl groups excluding tert-OH is 1. The molecule has 6 nitrogen and oxygen atoms in total. The van der Waals surface area contributed by atoms with Gasteiger partial charge in [0.1, 0.15) is 6.10 Å². The van der Waals surface area contributed by atoms with Gasteiger partial charge in [-0.25, -0.2) is 4.79 Å². The Hall–Kier alpha value is -2.25. The minimum Gasteiger partial charge on any atom is -0.454 e. The summed E-state index contributed by atoms with van der Waals surface area (Å²) in [6.45, 7) is 2.27. The lowest BCUT2D eigenvalue weighted by atomic mass is 10.2. The zero-order valence-electron chi connectivity index (χ0n) is 12.0. The maximum absolute atomic E-state index is 11.9. The number of aryl methyl sites for hydroxylation is 1. The number of hydrogen-bond acceptors (Lipinski definition) is 5. The number of amides is 2. The molecule has 0 aliphatic carbocycles. The Balaban J connectivity index is 1.53. The number of ether oxygens (including phenoxy) is 2. The summed E-state index contributed by atoms with van der Waals surface area (Å²) in [6, 6.07) is 6.72. The highest BCUT2D eigenvalue weighted by atomic mass is 32.1. The molecule has 2 heterocycles. The van der Waals surface area contributed by atoms with Crippen molar-refractivity contribution in [3.63, 3.8) is 0 Å². The predicted molar refractivity (Wildman–Crippen MR) is 83.6 cm³/mol. The number of carbonyl (C=O) groups is 1. The molecule has 116 valence electrons. The molecule has 7 heteroatoms. The largest absolute Gasteiger partial charge is 0.454 e. The highest BCUT2D eigenvalue weighted by molar-refractivity contribution is 7.10. The normalized spacial score (nSPS) is 13.7. The van der Waals surface area contributed by atoms with Gasteiger partial charge in [-0.1, -0.05) is 0 Å². The maximum Gasteiger partial charge on any atom is 0.319 e. The van der Waals surface area contributed by atoms with Crippen molar-refractivity contribution < 1.29 is 19.4 Å². The first-order chi connectivity index (χ1) is 10.6. The summed E-state index contributed by atoms with van der Waals surface area (Å²) in [5.41, 5.74) is 1.62. The molecule has 0 bridgehead atoms. The van der Waals surface area contributed by atoms with E-state index in [0.29, 0.717) is 17.2 Å². The van der Waals surface area contributed by atoms with Gasteiger partial charge in [-0.05, 0) is 36.1 Å². The fourth-order valence-corrected chi connectivity index (χ4v) is 3.07. The number of fused-ring (bicyclic) bond motifs is 1. The summed E-state index contributed by atoms with van der Waals surface area (Å²) in [4.78, 5) is 12.7. The molecule has 1 aromatic carbocycles. The Morgan fingerprint density at radius 3 is 2.95 bits per heavy atom. The molecule has 0 saturated heterocycles. The Bertz CT molecular complexity index is 686. The quantitative estimate of drug-likeness (QED) is 0.809. The van der Waals surface area contributed by atoms with Crippen LogP contribution in [0.15, 0.2) is 29.6 Å². The molecule has 0 fully saturated rings. The lowest BCUT2D eigenvalue weighted by molar-refractivity contribution is 0.174. The van der Waals surface area contributed by atoms with Gasteiger partial charge in [-0.2, -0.15) is 0 Å². The van der Waals surface area contributed by atoms with Gasteiger partial charge in [0.15, 0.2) is 11.5 Å². The minimum atomic E-state index is -0.706. The number of carbonyl (C=O) groups excluding carboxylic acids is 1. The zero-order valence-corrected chi connectivity index (χ0v) is 12.8. The van der Waals surface area contributed by atoms with E-state index in [1.165, 1.54) is 11.3 Å². The lowest BCUT2D eigenvalue weighted by Gasteiger charge is -2.12. The molecule has 0 radical (unpaired) electrons. The van der Waals surface area contributed by atoms with Crippen LogP contribution in [0.5, 0.6) is 11.5 Å². The van der Waals surface area contributed by atoms with E-state index >= 15 is 0 Å². The Morgan fingerprint density at radius 1 is 1.36 bits per heavy atom. The van der Waals surface area contributed by atoms with E-state index in [0.717, 1.165) is 10.4 Å². The van der Waals surface area contributed by atoms with Crippen molar-refractivity contribution in [2.75, 3.05) is 18.7 Å². The van der Waals surface area contributed by atoms with Crippen LogP contribution < -0.4 is 20.1 Å². The monoisotopic (exact) mass is 320 g/mol. The second-order valence-corrected chi connectivity index (χ2v) is 5.83. The Morgan fingerprint density at radius 2 is 2.18 bits per heavy atom. The molecule has 2 amide bonds. The van der Waals surface area contributed by atoms with Gasteiger partial charge in [0.2, 0.25) is 6.79 Å². The first kappa shape index (κ1) is 14.7. The minimum absolute atomic E-state index is 0.151. The van der Waals surface area contributed by atoms with Crippen LogP contribution in [-0.4, -0.2) is 24.5 Å². The van der Waals surface area contributed by atoms with Crippen molar-refractivity contribution in [3.05, 3.63) is 40.1 Å².